The van der Waals surface area contributed by atoms with E-state index in [1.807, 2.05) is 20.8 Å². The van der Waals surface area contributed by atoms with Gasteiger partial charge in [0.05, 0.1) is 0 Å². The van der Waals surface area contributed by atoms with Crippen LogP contribution in [0, 0.1) is 33.5 Å². The summed E-state index contributed by atoms with van der Waals surface area (Å²) in [7, 11) is 0. The van der Waals surface area contributed by atoms with Gasteiger partial charge in [-0.25, -0.2) is 0 Å². The van der Waals surface area contributed by atoms with Crippen molar-refractivity contribution in [3.63, 3.8) is 0 Å². The van der Waals surface area contributed by atoms with Gasteiger partial charge in [0.1, 0.15) is 17.7 Å². The normalized spacial score (nSPS) is 50.0. The first-order chi connectivity index (χ1) is 11.9. The minimum Gasteiger partial charge on any atom is -0.385 e. The lowest BCUT2D eigenvalue weighted by molar-refractivity contribution is -0.168. The van der Waals surface area contributed by atoms with Crippen LogP contribution in [0.15, 0.2) is 11.6 Å². The van der Waals surface area contributed by atoms with Crippen molar-refractivity contribution in [2.24, 2.45) is 33.5 Å². The van der Waals surface area contributed by atoms with E-state index in [0.717, 1.165) is 12.0 Å². The van der Waals surface area contributed by atoms with Crippen LogP contribution in [0.3, 0.4) is 0 Å². The van der Waals surface area contributed by atoms with Gasteiger partial charge in [0.2, 0.25) is 0 Å². The van der Waals surface area contributed by atoms with Crippen LogP contribution in [0.5, 0.6) is 0 Å². The first-order valence-electron chi connectivity index (χ1n) is 9.86. The second-order valence-electron chi connectivity index (χ2n) is 10.5. The topological polar surface area (TPSA) is 71.4 Å². The van der Waals surface area contributed by atoms with E-state index in [2.05, 4.69) is 19.9 Å². The molecule has 4 nitrogen and oxygen atoms in total. The SMILES string of the molecule is CC1(C)C(=O)[C@@H](O)C[C@H]2C1=CC[C@H]1[C@@]2(C)C(=O)C[C@]2(C)CC(=O)C[C@@]12C. The van der Waals surface area contributed by atoms with E-state index in [4.69, 9.17) is 0 Å². The van der Waals surface area contributed by atoms with E-state index in [1.165, 1.54) is 0 Å². The van der Waals surface area contributed by atoms with Crippen molar-refractivity contribution >= 4 is 17.3 Å². The molecule has 4 aliphatic rings. The van der Waals surface area contributed by atoms with Crippen LogP contribution in [-0.4, -0.2) is 28.6 Å². The van der Waals surface area contributed by atoms with Crippen LogP contribution in [-0.2, 0) is 14.4 Å². The zero-order valence-corrected chi connectivity index (χ0v) is 16.5. The molecule has 0 saturated heterocycles. The highest BCUT2D eigenvalue weighted by molar-refractivity contribution is 5.95. The molecule has 142 valence electrons. The smallest absolute Gasteiger partial charge is 0.170 e. The summed E-state index contributed by atoms with van der Waals surface area (Å²) in [6, 6.07) is 0. The number of aliphatic hydroxyl groups excluding tert-OH is 1. The van der Waals surface area contributed by atoms with E-state index in [0.29, 0.717) is 25.7 Å². The summed E-state index contributed by atoms with van der Waals surface area (Å²) in [5, 5.41) is 10.4. The predicted molar refractivity (Wildman–Crippen MR) is 97.3 cm³/mol. The molecule has 0 spiro atoms. The molecular weight excluding hydrogens is 328 g/mol. The average molecular weight is 358 g/mol. The van der Waals surface area contributed by atoms with Crippen molar-refractivity contribution in [2.75, 3.05) is 0 Å². The highest BCUT2D eigenvalue weighted by Gasteiger charge is 2.69. The second-order valence-corrected chi connectivity index (χ2v) is 10.5. The lowest BCUT2D eigenvalue weighted by Crippen LogP contribution is -2.63. The molecule has 1 N–H and O–H groups in total. The Hall–Kier alpha value is -1.29. The van der Waals surface area contributed by atoms with Gasteiger partial charge in [0.15, 0.2) is 5.78 Å². The average Bonchev–Trinajstić information content (AvgIpc) is 2.75. The first-order valence-corrected chi connectivity index (χ1v) is 9.86. The van der Waals surface area contributed by atoms with E-state index in [9.17, 15) is 19.5 Å². The van der Waals surface area contributed by atoms with Crippen molar-refractivity contribution in [1.82, 2.24) is 0 Å². The lowest BCUT2D eigenvalue weighted by atomic mass is 9.39. The number of fused-ring (bicyclic) bond motifs is 5. The first kappa shape index (κ1) is 18.1. The van der Waals surface area contributed by atoms with E-state index in [-0.39, 0.29) is 40.0 Å². The van der Waals surface area contributed by atoms with Crippen LogP contribution in [0.25, 0.3) is 0 Å². The van der Waals surface area contributed by atoms with Crippen molar-refractivity contribution in [3.8, 4) is 0 Å². The van der Waals surface area contributed by atoms with Crippen LogP contribution in [0.2, 0.25) is 0 Å². The quantitative estimate of drug-likeness (QED) is 0.675. The molecule has 4 aliphatic carbocycles. The third kappa shape index (κ3) is 1.87. The zero-order chi connectivity index (χ0) is 19.3. The van der Waals surface area contributed by atoms with Crippen LogP contribution in [0.4, 0.5) is 0 Å². The molecule has 0 aromatic carbocycles. The Bertz CT molecular complexity index is 762. The Balaban J connectivity index is 1.88. The molecule has 0 aliphatic heterocycles. The standard InChI is InChI=1S/C22H30O4/c1-19(2)13-6-7-16-21(4)10-12(23)9-20(21,3)11-17(25)22(16,5)14(13)8-15(24)18(19)26/h6,14-16,24H,7-11H2,1-5H3/t14-,15-,16+,20-,21-,22-/m0/s1. The Kier molecular flexibility index (Phi) is 3.44. The number of aliphatic hydroxyl groups is 1. The van der Waals surface area contributed by atoms with Crippen LogP contribution >= 0.6 is 0 Å². The molecule has 3 saturated carbocycles. The Morgan fingerprint density at radius 1 is 1.00 bits per heavy atom. The van der Waals surface area contributed by atoms with Crippen molar-refractivity contribution < 1.29 is 19.5 Å². The Morgan fingerprint density at radius 3 is 2.31 bits per heavy atom. The third-order valence-electron chi connectivity index (χ3n) is 8.95. The van der Waals surface area contributed by atoms with Gasteiger partial charge in [0, 0.05) is 30.1 Å². The van der Waals surface area contributed by atoms with Crippen LogP contribution < -0.4 is 0 Å². The molecule has 26 heavy (non-hydrogen) atoms. The molecule has 4 rings (SSSR count). The Labute approximate surface area is 155 Å². The number of carbonyl (C=O) groups is 3. The summed E-state index contributed by atoms with van der Waals surface area (Å²) in [5.74, 6) is 0.301. The number of rotatable bonds is 0. The largest absolute Gasteiger partial charge is 0.385 e. The fraction of sp³-hybridized carbons (Fsp3) is 0.773. The number of carbonyl (C=O) groups excluding carboxylic acids is 3. The molecular formula is C22H30O4. The number of hydrogen-bond acceptors (Lipinski definition) is 4. The maximum absolute atomic E-state index is 13.5. The summed E-state index contributed by atoms with van der Waals surface area (Å²) >= 11 is 0. The number of hydrogen-bond donors (Lipinski definition) is 1. The van der Waals surface area contributed by atoms with Crippen molar-refractivity contribution in [3.05, 3.63) is 11.6 Å². The molecule has 3 fully saturated rings. The number of Topliss-reactive ketones (excluding diaryl/α,β-unsaturated/α-hetero) is 3. The van der Waals surface area contributed by atoms with Crippen molar-refractivity contribution in [1.29, 1.82) is 0 Å². The van der Waals surface area contributed by atoms with Gasteiger partial charge in [-0.05, 0) is 49.4 Å². The molecule has 0 aromatic heterocycles. The summed E-state index contributed by atoms with van der Waals surface area (Å²) in [5.41, 5.74) is -0.789. The summed E-state index contributed by atoms with van der Waals surface area (Å²) in [4.78, 5) is 38.4. The van der Waals surface area contributed by atoms with E-state index >= 15 is 0 Å². The van der Waals surface area contributed by atoms with E-state index in [1.54, 1.807) is 0 Å². The molecule has 0 radical (unpaired) electrons. The van der Waals surface area contributed by atoms with Gasteiger partial charge < -0.3 is 5.11 Å². The molecule has 0 bridgehead atoms. The maximum atomic E-state index is 13.5. The lowest BCUT2D eigenvalue weighted by Gasteiger charge is -2.63. The van der Waals surface area contributed by atoms with Gasteiger partial charge in [-0.15, -0.1) is 0 Å². The van der Waals surface area contributed by atoms with Gasteiger partial charge in [-0.3, -0.25) is 14.4 Å². The third-order valence-corrected chi connectivity index (χ3v) is 8.95. The molecule has 0 heterocycles. The second kappa shape index (κ2) is 4.95. The van der Waals surface area contributed by atoms with Gasteiger partial charge in [-0.2, -0.15) is 0 Å². The van der Waals surface area contributed by atoms with Crippen LogP contribution in [0.1, 0.15) is 66.7 Å². The Morgan fingerprint density at radius 2 is 1.65 bits per heavy atom. The summed E-state index contributed by atoms with van der Waals surface area (Å²) < 4.78 is 0. The molecule has 6 atom stereocenters. The van der Waals surface area contributed by atoms with Gasteiger partial charge >= 0.3 is 0 Å². The number of ketones is 3. The molecule has 0 aromatic rings. The fourth-order valence-electron chi connectivity index (χ4n) is 7.14. The molecule has 0 amide bonds. The summed E-state index contributed by atoms with van der Waals surface area (Å²) in [6.07, 6.45) is 3.67. The fourth-order valence-corrected chi connectivity index (χ4v) is 7.14. The van der Waals surface area contributed by atoms with Gasteiger partial charge in [-0.1, -0.05) is 32.4 Å². The minimum atomic E-state index is -1.01. The predicted octanol–water partition coefficient (Wildman–Crippen LogP) is 3.26. The van der Waals surface area contributed by atoms with Gasteiger partial charge in [0.25, 0.3) is 0 Å². The molecule has 4 heteroatoms. The highest BCUT2D eigenvalue weighted by atomic mass is 16.3. The zero-order valence-electron chi connectivity index (χ0n) is 16.5. The number of allylic oxidation sites excluding steroid dienone is 2. The van der Waals surface area contributed by atoms with E-state index < -0.39 is 16.9 Å². The summed E-state index contributed by atoms with van der Waals surface area (Å²) in [6.45, 7) is 10.1. The maximum Gasteiger partial charge on any atom is 0.170 e. The highest BCUT2D eigenvalue weighted by Crippen LogP contribution is 2.70. The molecule has 0 unspecified atom stereocenters. The monoisotopic (exact) mass is 358 g/mol. The van der Waals surface area contributed by atoms with Crippen molar-refractivity contribution in [2.45, 2.75) is 72.8 Å². The minimum absolute atomic E-state index is 0.0812.